The summed E-state index contributed by atoms with van der Waals surface area (Å²) in [5.41, 5.74) is -0.221. The monoisotopic (exact) mass is 373 g/mol. The van der Waals surface area contributed by atoms with E-state index in [-0.39, 0.29) is 12.5 Å². The third-order valence-electron chi connectivity index (χ3n) is 4.57. The van der Waals surface area contributed by atoms with Crippen LogP contribution in [0.2, 0.25) is 0 Å². The number of anilines is 1. The zero-order chi connectivity index (χ0) is 19.5. The number of halogens is 3. The summed E-state index contributed by atoms with van der Waals surface area (Å²) in [6.45, 7) is 3.09. The molecule has 1 saturated heterocycles. The van der Waals surface area contributed by atoms with Gasteiger partial charge in [0.1, 0.15) is 6.04 Å². The van der Waals surface area contributed by atoms with Gasteiger partial charge in [-0.3, -0.25) is 14.5 Å². The summed E-state index contributed by atoms with van der Waals surface area (Å²) in [5.74, 6) is -1.20. The molecule has 0 aromatic heterocycles. The Balaban J connectivity index is 1.93. The molecule has 0 spiro atoms. The number of amides is 1. The van der Waals surface area contributed by atoms with Gasteiger partial charge in [-0.15, -0.1) is 0 Å². The molecular formula is C17H22F3N3O3. The Kier molecular flexibility index (Phi) is 6.12. The number of aliphatic carboxylic acids is 1. The number of carbonyl (C=O) groups is 2. The van der Waals surface area contributed by atoms with Crippen molar-refractivity contribution in [2.24, 2.45) is 0 Å². The summed E-state index contributed by atoms with van der Waals surface area (Å²) in [7, 11) is 1.57. The van der Waals surface area contributed by atoms with Crippen LogP contribution in [0.4, 0.5) is 18.9 Å². The number of alkyl halides is 3. The number of piperazine rings is 1. The largest absolute Gasteiger partial charge is 0.480 e. The number of carboxylic acid groups (broad SMARTS) is 1. The lowest BCUT2D eigenvalue weighted by Gasteiger charge is -2.37. The van der Waals surface area contributed by atoms with Crippen LogP contribution < -0.4 is 4.90 Å². The van der Waals surface area contributed by atoms with Gasteiger partial charge in [0.2, 0.25) is 5.91 Å². The number of benzene rings is 1. The molecule has 2 rings (SSSR count). The number of carbonyl (C=O) groups excluding carboxylic acids is 1. The molecule has 1 aliphatic rings. The van der Waals surface area contributed by atoms with Crippen molar-refractivity contribution in [3.05, 3.63) is 29.8 Å². The molecule has 1 N–H and O–H groups in total. The first kappa shape index (κ1) is 20.0. The minimum Gasteiger partial charge on any atom is -0.480 e. The first-order valence-corrected chi connectivity index (χ1v) is 8.22. The highest BCUT2D eigenvalue weighted by Gasteiger charge is 2.31. The van der Waals surface area contributed by atoms with Crippen molar-refractivity contribution in [2.75, 3.05) is 44.7 Å². The summed E-state index contributed by atoms with van der Waals surface area (Å²) < 4.78 is 38.5. The summed E-state index contributed by atoms with van der Waals surface area (Å²) in [4.78, 5) is 28.1. The normalized spacial score (nSPS) is 16.7. The number of nitrogens with zero attached hydrogens (tertiary/aromatic N) is 3. The Labute approximate surface area is 149 Å². The molecule has 26 heavy (non-hydrogen) atoms. The molecule has 144 valence electrons. The number of likely N-dealkylation sites (N-methyl/N-ethyl adjacent to an activating group) is 1. The van der Waals surface area contributed by atoms with E-state index in [1.165, 1.54) is 17.9 Å². The smallest absolute Gasteiger partial charge is 0.416 e. The summed E-state index contributed by atoms with van der Waals surface area (Å²) in [6, 6.07) is 4.36. The van der Waals surface area contributed by atoms with E-state index in [0.29, 0.717) is 31.9 Å². The Morgan fingerprint density at radius 2 is 1.85 bits per heavy atom. The van der Waals surface area contributed by atoms with E-state index < -0.39 is 23.8 Å². The fraction of sp³-hybridized carbons (Fsp3) is 0.529. The quantitative estimate of drug-likeness (QED) is 0.852. The highest BCUT2D eigenvalue weighted by molar-refractivity contribution is 5.80. The average Bonchev–Trinajstić information content (AvgIpc) is 2.60. The van der Waals surface area contributed by atoms with E-state index in [2.05, 4.69) is 0 Å². The Hall–Kier alpha value is -2.29. The molecule has 6 nitrogen and oxygen atoms in total. The van der Waals surface area contributed by atoms with Crippen LogP contribution in [0.3, 0.4) is 0 Å². The van der Waals surface area contributed by atoms with Crippen molar-refractivity contribution in [2.45, 2.75) is 19.1 Å². The van der Waals surface area contributed by atoms with Crippen LogP contribution >= 0.6 is 0 Å². The van der Waals surface area contributed by atoms with Gasteiger partial charge in [0.15, 0.2) is 0 Å². The van der Waals surface area contributed by atoms with Crippen molar-refractivity contribution in [3.63, 3.8) is 0 Å². The van der Waals surface area contributed by atoms with Crippen LogP contribution in [-0.2, 0) is 15.8 Å². The fourth-order valence-electron chi connectivity index (χ4n) is 2.73. The van der Waals surface area contributed by atoms with Crippen LogP contribution in [-0.4, -0.2) is 72.6 Å². The van der Waals surface area contributed by atoms with E-state index in [1.54, 1.807) is 18.0 Å². The maximum Gasteiger partial charge on any atom is 0.416 e. The van der Waals surface area contributed by atoms with Gasteiger partial charge in [-0.2, -0.15) is 13.2 Å². The lowest BCUT2D eigenvalue weighted by atomic mass is 10.1. The van der Waals surface area contributed by atoms with Crippen LogP contribution in [0.1, 0.15) is 12.5 Å². The lowest BCUT2D eigenvalue weighted by molar-refractivity contribution is -0.143. The van der Waals surface area contributed by atoms with Crippen molar-refractivity contribution < 1.29 is 27.9 Å². The van der Waals surface area contributed by atoms with Gasteiger partial charge in [0, 0.05) is 31.9 Å². The second kappa shape index (κ2) is 7.94. The third-order valence-corrected chi connectivity index (χ3v) is 4.57. The lowest BCUT2D eigenvalue weighted by Crippen LogP contribution is -2.52. The average molecular weight is 373 g/mol. The molecule has 0 radical (unpaired) electrons. The van der Waals surface area contributed by atoms with E-state index >= 15 is 0 Å². The fourth-order valence-corrected chi connectivity index (χ4v) is 2.73. The number of hydrogen-bond acceptors (Lipinski definition) is 4. The Morgan fingerprint density at radius 1 is 1.23 bits per heavy atom. The van der Waals surface area contributed by atoms with Gasteiger partial charge in [0.05, 0.1) is 12.1 Å². The summed E-state index contributed by atoms with van der Waals surface area (Å²) in [5, 5.41) is 8.96. The maximum absolute atomic E-state index is 12.8. The molecule has 9 heteroatoms. The topological polar surface area (TPSA) is 64.1 Å². The molecule has 1 aromatic carbocycles. The molecule has 1 unspecified atom stereocenters. The van der Waals surface area contributed by atoms with Gasteiger partial charge in [0.25, 0.3) is 0 Å². The first-order chi connectivity index (χ1) is 12.1. The van der Waals surface area contributed by atoms with Crippen molar-refractivity contribution in [3.8, 4) is 0 Å². The predicted octanol–water partition coefficient (Wildman–Crippen LogP) is 1.76. The van der Waals surface area contributed by atoms with Gasteiger partial charge in [-0.25, -0.2) is 0 Å². The van der Waals surface area contributed by atoms with Crippen molar-refractivity contribution in [1.82, 2.24) is 9.80 Å². The second-order valence-corrected chi connectivity index (χ2v) is 6.35. The van der Waals surface area contributed by atoms with Gasteiger partial charge >= 0.3 is 12.1 Å². The van der Waals surface area contributed by atoms with Crippen LogP contribution in [0, 0.1) is 0 Å². The Morgan fingerprint density at radius 3 is 2.38 bits per heavy atom. The zero-order valence-electron chi connectivity index (χ0n) is 14.7. The standard InChI is InChI=1S/C17H22F3N3O3/c1-12(16(25)26)21(2)11-15(24)23-8-6-22(7-9-23)14-5-3-4-13(10-14)17(18,19)20/h3-5,10,12H,6-9,11H2,1-2H3,(H,25,26). The molecule has 1 aromatic rings. The summed E-state index contributed by atoms with van der Waals surface area (Å²) in [6.07, 6.45) is -4.39. The predicted molar refractivity (Wildman–Crippen MR) is 90.0 cm³/mol. The molecule has 1 aliphatic heterocycles. The van der Waals surface area contributed by atoms with Crippen molar-refractivity contribution in [1.29, 1.82) is 0 Å². The number of rotatable bonds is 5. The SMILES string of the molecule is CC(C(=O)O)N(C)CC(=O)N1CCN(c2cccc(C(F)(F)F)c2)CC1. The van der Waals surface area contributed by atoms with Gasteiger partial charge < -0.3 is 14.9 Å². The van der Waals surface area contributed by atoms with E-state index in [4.69, 9.17) is 5.11 Å². The van der Waals surface area contributed by atoms with Crippen LogP contribution in [0.15, 0.2) is 24.3 Å². The Bertz CT molecular complexity index is 658. The molecule has 1 fully saturated rings. The number of hydrogen-bond donors (Lipinski definition) is 1. The minimum atomic E-state index is -4.39. The highest BCUT2D eigenvalue weighted by Crippen LogP contribution is 2.31. The van der Waals surface area contributed by atoms with Crippen LogP contribution in [0.25, 0.3) is 0 Å². The van der Waals surface area contributed by atoms with Crippen molar-refractivity contribution >= 4 is 17.6 Å². The van der Waals surface area contributed by atoms with E-state index in [9.17, 15) is 22.8 Å². The van der Waals surface area contributed by atoms with Gasteiger partial charge in [-0.1, -0.05) is 6.07 Å². The maximum atomic E-state index is 12.8. The zero-order valence-corrected chi connectivity index (χ0v) is 14.7. The molecule has 0 aliphatic carbocycles. The van der Waals surface area contributed by atoms with E-state index in [1.807, 2.05) is 4.90 Å². The second-order valence-electron chi connectivity index (χ2n) is 6.35. The highest BCUT2D eigenvalue weighted by atomic mass is 19.4. The number of carboxylic acids is 1. The molecule has 1 amide bonds. The molecule has 0 bridgehead atoms. The molecular weight excluding hydrogens is 351 g/mol. The first-order valence-electron chi connectivity index (χ1n) is 8.22. The van der Waals surface area contributed by atoms with E-state index in [0.717, 1.165) is 12.1 Å². The minimum absolute atomic E-state index is 0.0168. The summed E-state index contributed by atoms with van der Waals surface area (Å²) >= 11 is 0. The van der Waals surface area contributed by atoms with Gasteiger partial charge in [-0.05, 0) is 32.2 Å². The van der Waals surface area contributed by atoms with Crippen LogP contribution in [0.5, 0.6) is 0 Å². The molecule has 1 atom stereocenters. The molecule has 1 heterocycles. The molecule has 0 saturated carbocycles. The third kappa shape index (κ3) is 4.87.